The first-order valence-corrected chi connectivity index (χ1v) is 12.7. The van der Waals surface area contributed by atoms with Crippen LogP contribution in [0.2, 0.25) is 0 Å². The average molecular weight is 458 g/mol. The minimum absolute atomic E-state index is 0.0460. The fourth-order valence-electron chi connectivity index (χ4n) is 5.69. The number of urea groups is 1. The molecule has 2 aliphatic heterocycles. The zero-order valence-electron chi connectivity index (χ0n) is 19.7. The molecule has 0 bridgehead atoms. The molecular formula is C25H39N5O3. The van der Waals surface area contributed by atoms with E-state index >= 15 is 0 Å². The van der Waals surface area contributed by atoms with Crippen LogP contribution in [0.25, 0.3) is 0 Å². The monoisotopic (exact) mass is 457 g/mol. The van der Waals surface area contributed by atoms with Crippen molar-refractivity contribution >= 4 is 17.8 Å². The van der Waals surface area contributed by atoms with E-state index in [9.17, 15) is 14.7 Å². The van der Waals surface area contributed by atoms with E-state index in [-0.39, 0.29) is 24.3 Å². The van der Waals surface area contributed by atoms with Gasteiger partial charge in [0.2, 0.25) is 0 Å². The second-order valence-electron chi connectivity index (χ2n) is 9.94. The predicted octanol–water partition coefficient (Wildman–Crippen LogP) is 3.05. The lowest BCUT2D eigenvalue weighted by atomic mass is 9.81. The molecule has 8 heteroatoms. The fourth-order valence-corrected chi connectivity index (χ4v) is 5.69. The average Bonchev–Trinajstić information content (AvgIpc) is 2.84. The van der Waals surface area contributed by atoms with Crippen molar-refractivity contribution in [1.82, 2.24) is 20.1 Å². The summed E-state index contributed by atoms with van der Waals surface area (Å²) in [6.45, 7) is 6.17. The molecule has 3 heterocycles. The van der Waals surface area contributed by atoms with Crippen LogP contribution in [0.1, 0.15) is 51.4 Å². The van der Waals surface area contributed by atoms with Gasteiger partial charge in [-0.3, -0.25) is 9.69 Å². The number of carbonyl (C=O) groups is 2. The number of carboxylic acids is 1. The van der Waals surface area contributed by atoms with Crippen LogP contribution in [-0.2, 0) is 4.79 Å². The van der Waals surface area contributed by atoms with Crippen LogP contribution >= 0.6 is 0 Å². The number of piperidine rings is 1. The van der Waals surface area contributed by atoms with Gasteiger partial charge in [0.1, 0.15) is 5.82 Å². The molecule has 33 heavy (non-hydrogen) atoms. The SMILES string of the molecule is O=C(O)C[C@@H]1CCN(C(=O)NC2CCCCC2)C[C@H]1CCN1CCN(c2ccccn2)CC1. The van der Waals surface area contributed by atoms with E-state index < -0.39 is 5.97 Å². The zero-order valence-corrected chi connectivity index (χ0v) is 19.7. The molecule has 0 unspecified atom stereocenters. The third-order valence-electron chi connectivity index (χ3n) is 7.71. The summed E-state index contributed by atoms with van der Waals surface area (Å²) in [5.41, 5.74) is 0. The van der Waals surface area contributed by atoms with E-state index in [0.717, 1.165) is 64.2 Å². The summed E-state index contributed by atoms with van der Waals surface area (Å²) in [5.74, 6) is 0.691. The molecule has 4 rings (SSSR count). The van der Waals surface area contributed by atoms with Crippen molar-refractivity contribution in [3.63, 3.8) is 0 Å². The molecule has 2 amide bonds. The molecule has 3 aliphatic rings. The lowest BCUT2D eigenvalue weighted by Gasteiger charge is -2.41. The molecule has 3 fully saturated rings. The van der Waals surface area contributed by atoms with Crippen LogP contribution in [0.15, 0.2) is 24.4 Å². The molecule has 1 aromatic rings. The van der Waals surface area contributed by atoms with Gasteiger partial charge in [-0.1, -0.05) is 25.3 Å². The van der Waals surface area contributed by atoms with Crippen LogP contribution in [0.3, 0.4) is 0 Å². The number of hydrogen-bond donors (Lipinski definition) is 2. The largest absolute Gasteiger partial charge is 0.481 e. The van der Waals surface area contributed by atoms with Crippen LogP contribution in [0.4, 0.5) is 10.6 Å². The van der Waals surface area contributed by atoms with Crippen LogP contribution in [0, 0.1) is 11.8 Å². The first-order chi connectivity index (χ1) is 16.1. The van der Waals surface area contributed by atoms with Crippen LogP contribution < -0.4 is 10.2 Å². The van der Waals surface area contributed by atoms with Crippen molar-refractivity contribution < 1.29 is 14.7 Å². The van der Waals surface area contributed by atoms with E-state index in [2.05, 4.69) is 26.2 Å². The Labute approximate surface area is 197 Å². The standard InChI is InChI=1S/C25H39N5O3/c31-24(32)18-20-10-13-30(25(33)27-22-6-2-1-3-7-22)19-21(20)9-12-28-14-16-29(17-15-28)23-8-4-5-11-26-23/h4-5,8,11,20-22H,1-3,6-7,9-10,12-19H2,(H,27,33)(H,31,32)/t20-,21+/m0/s1. The summed E-state index contributed by atoms with van der Waals surface area (Å²) < 4.78 is 0. The van der Waals surface area contributed by atoms with Gasteiger partial charge in [-0.15, -0.1) is 0 Å². The first-order valence-electron chi connectivity index (χ1n) is 12.7. The van der Waals surface area contributed by atoms with Gasteiger partial charge in [0.15, 0.2) is 0 Å². The Morgan fingerprint density at radius 3 is 2.48 bits per heavy atom. The number of aromatic nitrogens is 1. The molecule has 2 atom stereocenters. The lowest BCUT2D eigenvalue weighted by Crippen LogP contribution is -2.52. The van der Waals surface area contributed by atoms with Crippen molar-refractivity contribution in [2.45, 2.75) is 57.4 Å². The maximum absolute atomic E-state index is 12.9. The van der Waals surface area contributed by atoms with Gasteiger partial charge in [0, 0.05) is 57.9 Å². The summed E-state index contributed by atoms with van der Waals surface area (Å²) in [5, 5.41) is 12.7. The Balaban J connectivity index is 1.27. The number of hydrogen-bond acceptors (Lipinski definition) is 5. The number of pyridine rings is 1. The Bertz CT molecular complexity index is 763. The Morgan fingerprint density at radius 2 is 1.79 bits per heavy atom. The van der Waals surface area contributed by atoms with Crippen LogP contribution in [0.5, 0.6) is 0 Å². The first kappa shape index (κ1) is 23.8. The van der Waals surface area contributed by atoms with E-state index in [1.54, 1.807) is 0 Å². The Morgan fingerprint density at radius 1 is 1.00 bits per heavy atom. The maximum atomic E-state index is 12.9. The molecule has 1 aliphatic carbocycles. The number of carbonyl (C=O) groups excluding carboxylic acids is 1. The third kappa shape index (κ3) is 6.82. The third-order valence-corrected chi connectivity index (χ3v) is 7.71. The second-order valence-corrected chi connectivity index (χ2v) is 9.94. The van der Waals surface area contributed by atoms with E-state index in [4.69, 9.17) is 0 Å². The van der Waals surface area contributed by atoms with E-state index in [1.165, 1.54) is 19.3 Å². The van der Waals surface area contributed by atoms with E-state index in [1.807, 2.05) is 23.2 Å². The normalized spacial score (nSPS) is 25.1. The molecule has 8 nitrogen and oxygen atoms in total. The molecule has 0 spiro atoms. The predicted molar refractivity (Wildman–Crippen MR) is 128 cm³/mol. The number of rotatable bonds is 7. The summed E-state index contributed by atoms with van der Waals surface area (Å²) in [6.07, 6.45) is 9.58. The van der Waals surface area contributed by atoms with Gasteiger partial charge in [-0.2, -0.15) is 0 Å². The number of amides is 2. The zero-order chi connectivity index (χ0) is 23.0. The van der Waals surface area contributed by atoms with Gasteiger partial charge < -0.3 is 20.2 Å². The van der Waals surface area contributed by atoms with Crippen molar-refractivity contribution in [1.29, 1.82) is 0 Å². The highest BCUT2D eigenvalue weighted by molar-refractivity contribution is 5.74. The summed E-state index contributed by atoms with van der Waals surface area (Å²) in [4.78, 5) is 35.5. The number of likely N-dealkylation sites (tertiary alicyclic amines) is 1. The number of carboxylic acid groups (broad SMARTS) is 1. The molecule has 1 aromatic heterocycles. The summed E-state index contributed by atoms with van der Waals surface area (Å²) >= 11 is 0. The highest BCUT2D eigenvalue weighted by Crippen LogP contribution is 2.30. The van der Waals surface area contributed by atoms with E-state index in [0.29, 0.717) is 19.1 Å². The highest BCUT2D eigenvalue weighted by Gasteiger charge is 2.33. The van der Waals surface area contributed by atoms with Crippen molar-refractivity contribution in [2.75, 3.05) is 50.7 Å². The number of nitrogens with one attached hydrogen (secondary N) is 1. The summed E-state index contributed by atoms with van der Waals surface area (Å²) in [6, 6.07) is 6.37. The molecule has 0 radical (unpaired) electrons. The number of anilines is 1. The minimum atomic E-state index is -0.728. The van der Waals surface area contributed by atoms with Gasteiger partial charge >= 0.3 is 12.0 Å². The van der Waals surface area contributed by atoms with Gasteiger partial charge in [-0.25, -0.2) is 9.78 Å². The fraction of sp³-hybridized carbons (Fsp3) is 0.720. The van der Waals surface area contributed by atoms with Crippen LogP contribution in [-0.4, -0.2) is 83.7 Å². The molecule has 2 saturated heterocycles. The maximum Gasteiger partial charge on any atom is 0.317 e. The number of aliphatic carboxylic acids is 1. The second kappa shape index (κ2) is 11.7. The Hall–Kier alpha value is -2.35. The van der Waals surface area contributed by atoms with Gasteiger partial charge in [0.25, 0.3) is 0 Å². The minimum Gasteiger partial charge on any atom is -0.481 e. The smallest absolute Gasteiger partial charge is 0.317 e. The molecule has 1 saturated carbocycles. The number of piperazine rings is 1. The van der Waals surface area contributed by atoms with Crippen molar-refractivity contribution in [2.24, 2.45) is 11.8 Å². The summed E-state index contributed by atoms with van der Waals surface area (Å²) in [7, 11) is 0. The van der Waals surface area contributed by atoms with Crippen molar-refractivity contribution in [3.05, 3.63) is 24.4 Å². The lowest BCUT2D eigenvalue weighted by molar-refractivity contribution is -0.139. The molecule has 2 N–H and O–H groups in total. The van der Waals surface area contributed by atoms with Gasteiger partial charge in [0.05, 0.1) is 0 Å². The highest BCUT2D eigenvalue weighted by atomic mass is 16.4. The topological polar surface area (TPSA) is 89.0 Å². The molecular weight excluding hydrogens is 418 g/mol. The number of nitrogens with zero attached hydrogens (tertiary/aromatic N) is 4. The quantitative estimate of drug-likeness (QED) is 0.654. The Kier molecular flexibility index (Phi) is 8.42. The van der Waals surface area contributed by atoms with Gasteiger partial charge in [-0.05, 0) is 56.2 Å². The van der Waals surface area contributed by atoms with Crippen molar-refractivity contribution in [3.8, 4) is 0 Å². The molecule has 0 aromatic carbocycles. The molecule has 182 valence electrons.